The Morgan fingerprint density at radius 3 is 0.862 bits per heavy atom. The van der Waals surface area contributed by atoms with Crippen molar-refractivity contribution in [1.29, 1.82) is 0 Å². The van der Waals surface area contributed by atoms with Crippen molar-refractivity contribution in [3.63, 3.8) is 0 Å². The molecule has 9 aromatic rings. The Morgan fingerprint density at radius 1 is 0.224 bits per heavy atom. The molecule has 0 bridgehead atoms. The van der Waals surface area contributed by atoms with Crippen LogP contribution in [0.1, 0.15) is 44.5 Å². The van der Waals surface area contributed by atoms with Crippen molar-refractivity contribution in [1.82, 2.24) is 0 Å². The molecule has 0 fully saturated rings. The van der Waals surface area contributed by atoms with Crippen LogP contribution in [0.25, 0.3) is 44.5 Å². The molecule has 0 saturated heterocycles. The van der Waals surface area contributed by atoms with Crippen LogP contribution in [0, 0.1) is 0 Å². The Hall–Kier alpha value is -7.42. The van der Waals surface area contributed by atoms with Crippen LogP contribution in [0.15, 0.2) is 206 Å². The summed E-state index contributed by atoms with van der Waals surface area (Å²) in [5.41, 5.74) is 18.8. The van der Waals surface area contributed by atoms with Crippen LogP contribution in [-0.2, 0) is 10.8 Å². The maximum Gasteiger partial charge on any atom is 0.132 e. The molecule has 0 aromatic heterocycles. The van der Waals surface area contributed by atoms with Gasteiger partial charge in [0.05, 0.1) is 10.8 Å². The van der Waals surface area contributed by atoms with E-state index in [4.69, 9.17) is 9.47 Å². The molecule has 9 aromatic carbocycles. The van der Waals surface area contributed by atoms with E-state index in [2.05, 4.69) is 206 Å². The summed E-state index contributed by atoms with van der Waals surface area (Å²) in [7, 11) is 0. The van der Waals surface area contributed by atoms with E-state index >= 15 is 0 Å². The molecular weight excluding hydrogens is 705 g/mol. The predicted octanol–water partition coefficient (Wildman–Crippen LogP) is 14.0. The summed E-state index contributed by atoms with van der Waals surface area (Å²) in [4.78, 5) is 0. The van der Waals surface area contributed by atoms with E-state index in [0.717, 1.165) is 23.0 Å². The van der Waals surface area contributed by atoms with Gasteiger partial charge in [0.1, 0.15) is 23.0 Å². The molecule has 58 heavy (non-hydrogen) atoms. The molecule has 4 aliphatic rings. The number of benzene rings is 9. The van der Waals surface area contributed by atoms with Crippen LogP contribution < -0.4 is 9.47 Å². The van der Waals surface area contributed by atoms with E-state index in [9.17, 15) is 0 Å². The highest BCUT2D eigenvalue weighted by atomic mass is 16.5. The van der Waals surface area contributed by atoms with Gasteiger partial charge in [-0.25, -0.2) is 0 Å². The summed E-state index contributed by atoms with van der Waals surface area (Å²) in [6, 6.07) is 75.3. The second kappa shape index (κ2) is 11.6. The van der Waals surface area contributed by atoms with E-state index in [1.54, 1.807) is 0 Å². The normalized spacial score (nSPS) is 14.8. The molecule has 0 N–H and O–H groups in total. The van der Waals surface area contributed by atoms with E-state index in [-0.39, 0.29) is 0 Å². The van der Waals surface area contributed by atoms with Crippen LogP contribution in [0.2, 0.25) is 0 Å². The SMILES string of the molecule is c1ccc2c(c1)Oc1ccccc1C21c2ccccc2-c2ccc(-c3ccc(-c4ccc5c(c4)C4(c6ccccc6Oc6ccccc64)c4ccccc4-5)cc3)cc21. The average molecular weight is 739 g/mol. The topological polar surface area (TPSA) is 18.5 Å². The van der Waals surface area contributed by atoms with Gasteiger partial charge in [-0.1, -0.05) is 170 Å². The van der Waals surface area contributed by atoms with E-state index in [0.29, 0.717) is 0 Å². The van der Waals surface area contributed by atoms with Gasteiger partial charge in [0.2, 0.25) is 0 Å². The van der Waals surface area contributed by atoms with Crippen molar-refractivity contribution in [3.8, 4) is 67.5 Å². The molecule has 2 heterocycles. The molecule has 2 spiro atoms. The maximum absolute atomic E-state index is 6.58. The minimum absolute atomic E-state index is 0.493. The summed E-state index contributed by atoms with van der Waals surface area (Å²) in [6.07, 6.45) is 0. The molecule has 0 atom stereocenters. The van der Waals surface area contributed by atoms with Crippen molar-refractivity contribution >= 4 is 0 Å². The van der Waals surface area contributed by atoms with E-state index in [1.807, 2.05) is 0 Å². The van der Waals surface area contributed by atoms with Crippen molar-refractivity contribution in [2.75, 3.05) is 0 Å². The molecule has 2 heteroatoms. The number of rotatable bonds is 2. The largest absolute Gasteiger partial charge is 0.457 e. The maximum atomic E-state index is 6.58. The first-order chi connectivity index (χ1) is 28.7. The fourth-order valence-electron chi connectivity index (χ4n) is 10.9. The summed E-state index contributed by atoms with van der Waals surface area (Å²) in [6.45, 7) is 0. The fraction of sp³-hybridized carbons (Fsp3) is 0.0357. The van der Waals surface area contributed by atoms with Gasteiger partial charge in [0, 0.05) is 22.3 Å². The molecular formula is C56H34O2. The monoisotopic (exact) mass is 738 g/mol. The van der Waals surface area contributed by atoms with Gasteiger partial charge >= 0.3 is 0 Å². The Kier molecular flexibility index (Phi) is 6.33. The molecule has 0 saturated carbocycles. The predicted molar refractivity (Wildman–Crippen MR) is 232 cm³/mol. The van der Waals surface area contributed by atoms with Gasteiger partial charge in [0.25, 0.3) is 0 Å². The number of ether oxygens (including phenoxy) is 2. The highest BCUT2D eigenvalue weighted by molar-refractivity contribution is 5.92. The van der Waals surface area contributed by atoms with E-state index in [1.165, 1.54) is 89.0 Å². The molecule has 2 aliphatic carbocycles. The fourth-order valence-corrected chi connectivity index (χ4v) is 10.9. The van der Waals surface area contributed by atoms with Crippen molar-refractivity contribution in [2.24, 2.45) is 0 Å². The molecule has 0 unspecified atom stereocenters. The average Bonchev–Trinajstić information content (AvgIpc) is 3.74. The Bertz CT molecular complexity index is 2880. The highest BCUT2D eigenvalue weighted by Gasteiger charge is 2.52. The standard InChI is InChI=1S/C56H34O2/c1-3-15-43-39(13-1)41-31-29-37(33-49(41)55(43)45-17-5-9-21-51(45)57-52-22-10-6-18-46(52)55)35-25-27-36(28-26-35)38-30-32-42-40-14-2-4-16-44(40)56(50(42)34-38)47-19-7-11-23-53(47)58-54-24-12-8-20-48(54)56/h1-34H. The third-order valence-electron chi connectivity index (χ3n) is 13.2. The quantitative estimate of drug-likeness (QED) is 0.176. The molecule has 270 valence electrons. The van der Waals surface area contributed by atoms with Crippen LogP contribution >= 0.6 is 0 Å². The summed E-state index contributed by atoms with van der Waals surface area (Å²) in [5, 5.41) is 0. The number of para-hydroxylation sites is 4. The smallest absolute Gasteiger partial charge is 0.132 e. The molecule has 13 rings (SSSR count). The lowest BCUT2D eigenvalue weighted by Gasteiger charge is -2.39. The number of fused-ring (bicyclic) bond motifs is 18. The van der Waals surface area contributed by atoms with Gasteiger partial charge in [0.15, 0.2) is 0 Å². The number of hydrogen-bond donors (Lipinski definition) is 0. The lowest BCUT2D eigenvalue weighted by Crippen LogP contribution is -2.32. The van der Waals surface area contributed by atoms with Crippen molar-refractivity contribution < 1.29 is 9.47 Å². The first-order valence-corrected chi connectivity index (χ1v) is 20.1. The lowest BCUT2D eigenvalue weighted by molar-refractivity contribution is 0.436. The zero-order valence-electron chi connectivity index (χ0n) is 31.4. The van der Waals surface area contributed by atoms with Gasteiger partial charge in [-0.3, -0.25) is 0 Å². The van der Waals surface area contributed by atoms with E-state index < -0.39 is 10.8 Å². The second-order valence-electron chi connectivity index (χ2n) is 15.9. The number of hydrogen-bond acceptors (Lipinski definition) is 2. The lowest BCUT2D eigenvalue weighted by atomic mass is 9.66. The third-order valence-corrected chi connectivity index (χ3v) is 13.2. The Morgan fingerprint density at radius 2 is 0.500 bits per heavy atom. The van der Waals surface area contributed by atoms with Crippen LogP contribution in [0.3, 0.4) is 0 Å². The van der Waals surface area contributed by atoms with Crippen LogP contribution in [0.5, 0.6) is 23.0 Å². The first-order valence-electron chi connectivity index (χ1n) is 20.1. The zero-order chi connectivity index (χ0) is 38.0. The van der Waals surface area contributed by atoms with Crippen molar-refractivity contribution in [2.45, 2.75) is 10.8 Å². The summed E-state index contributed by atoms with van der Waals surface area (Å²) >= 11 is 0. The van der Waals surface area contributed by atoms with Gasteiger partial charge in [-0.05, 0) is 103 Å². The molecule has 0 amide bonds. The minimum Gasteiger partial charge on any atom is -0.457 e. The van der Waals surface area contributed by atoms with Crippen molar-refractivity contribution in [3.05, 3.63) is 251 Å². The molecule has 2 nitrogen and oxygen atoms in total. The minimum atomic E-state index is -0.493. The summed E-state index contributed by atoms with van der Waals surface area (Å²) in [5.74, 6) is 3.63. The zero-order valence-corrected chi connectivity index (χ0v) is 31.4. The van der Waals surface area contributed by atoms with Crippen LogP contribution in [0.4, 0.5) is 0 Å². The van der Waals surface area contributed by atoms with Gasteiger partial charge in [-0.2, -0.15) is 0 Å². The second-order valence-corrected chi connectivity index (χ2v) is 15.9. The van der Waals surface area contributed by atoms with Crippen LogP contribution in [-0.4, -0.2) is 0 Å². The third kappa shape index (κ3) is 3.96. The highest BCUT2D eigenvalue weighted by Crippen LogP contribution is 2.64. The Labute approximate surface area is 337 Å². The molecule has 2 aliphatic heterocycles. The van der Waals surface area contributed by atoms with Gasteiger partial charge < -0.3 is 9.47 Å². The van der Waals surface area contributed by atoms with Gasteiger partial charge in [-0.15, -0.1) is 0 Å². The first kappa shape index (κ1) is 31.7. The molecule has 0 radical (unpaired) electrons. The summed E-state index contributed by atoms with van der Waals surface area (Å²) < 4.78 is 13.2. The Balaban J connectivity index is 0.957.